The van der Waals surface area contributed by atoms with Crippen LogP contribution < -0.4 is 0 Å². The number of carbonyl (C=O) groups excluding carboxylic acids is 1. The van der Waals surface area contributed by atoms with E-state index >= 15 is 0 Å². The van der Waals surface area contributed by atoms with Crippen molar-refractivity contribution in [3.63, 3.8) is 0 Å². The highest BCUT2D eigenvalue weighted by Gasteiger charge is 2.13. The molecule has 0 radical (unpaired) electrons. The molecule has 0 atom stereocenters. The van der Waals surface area contributed by atoms with Crippen LogP contribution in [0.5, 0.6) is 0 Å². The van der Waals surface area contributed by atoms with Crippen molar-refractivity contribution in [2.24, 2.45) is 0 Å². The van der Waals surface area contributed by atoms with Crippen LogP contribution in [0.25, 0.3) is 11.0 Å². The number of thioether (sulfide) groups is 1. The summed E-state index contributed by atoms with van der Waals surface area (Å²) >= 11 is 1.21. The Labute approximate surface area is 148 Å². The third-order valence-electron chi connectivity index (χ3n) is 3.93. The molecule has 4 nitrogen and oxygen atoms in total. The van der Waals surface area contributed by atoms with E-state index in [4.69, 9.17) is 0 Å². The van der Waals surface area contributed by atoms with Crippen LogP contribution >= 0.6 is 11.8 Å². The SMILES string of the molecule is Cc1ccccc1CN(C)C(=O)CSc1nc2cc(F)c(F)cc2[nH]1. The van der Waals surface area contributed by atoms with Crippen LogP contribution in [0.1, 0.15) is 11.1 Å². The largest absolute Gasteiger partial charge is 0.341 e. The van der Waals surface area contributed by atoms with Gasteiger partial charge in [0.15, 0.2) is 16.8 Å². The van der Waals surface area contributed by atoms with E-state index in [1.807, 2.05) is 31.2 Å². The number of aryl methyl sites for hydroxylation is 1. The lowest BCUT2D eigenvalue weighted by Crippen LogP contribution is -2.28. The molecule has 25 heavy (non-hydrogen) atoms. The molecule has 1 N–H and O–H groups in total. The number of aromatic nitrogens is 2. The minimum absolute atomic E-state index is 0.0499. The molecule has 1 amide bonds. The van der Waals surface area contributed by atoms with Gasteiger partial charge in [-0.3, -0.25) is 4.79 Å². The van der Waals surface area contributed by atoms with Crippen molar-refractivity contribution < 1.29 is 13.6 Å². The van der Waals surface area contributed by atoms with Gasteiger partial charge in [0, 0.05) is 25.7 Å². The van der Waals surface area contributed by atoms with Gasteiger partial charge in [0.2, 0.25) is 5.91 Å². The zero-order chi connectivity index (χ0) is 18.0. The van der Waals surface area contributed by atoms with Crippen LogP contribution in [0.4, 0.5) is 8.78 Å². The predicted molar refractivity (Wildman–Crippen MR) is 94.4 cm³/mol. The molecule has 0 unspecified atom stereocenters. The van der Waals surface area contributed by atoms with Gasteiger partial charge < -0.3 is 9.88 Å². The molecule has 0 fully saturated rings. The van der Waals surface area contributed by atoms with Gasteiger partial charge in [-0.1, -0.05) is 36.0 Å². The highest BCUT2D eigenvalue weighted by molar-refractivity contribution is 7.99. The molecule has 2 aromatic carbocycles. The molecular weight excluding hydrogens is 344 g/mol. The van der Waals surface area contributed by atoms with Gasteiger partial charge >= 0.3 is 0 Å². The Kier molecular flexibility index (Phi) is 5.03. The molecule has 1 heterocycles. The van der Waals surface area contributed by atoms with E-state index in [9.17, 15) is 13.6 Å². The number of imidazole rings is 1. The monoisotopic (exact) mass is 361 g/mol. The van der Waals surface area contributed by atoms with Crippen molar-refractivity contribution in [1.82, 2.24) is 14.9 Å². The molecule has 0 spiro atoms. The van der Waals surface area contributed by atoms with Crippen LogP contribution in [0, 0.1) is 18.6 Å². The Morgan fingerprint density at radius 3 is 2.72 bits per heavy atom. The second kappa shape index (κ2) is 7.23. The average molecular weight is 361 g/mol. The van der Waals surface area contributed by atoms with Crippen molar-refractivity contribution in [2.45, 2.75) is 18.6 Å². The number of hydrogen-bond acceptors (Lipinski definition) is 3. The number of nitrogens with one attached hydrogen (secondary N) is 1. The van der Waals surface area contributed by atoms with E-state index in [1.165, 1.54) is 11.8 Å². The first-order valence-electron chi connectivity index (χ1n) is 7.70. The van der Waals surface area contributed by atoms with Crippen molar-refractivity contribution >= 4 is 28.7 Å². The molecular formula is C18H17F2N3OS. The van der Waals surface area contributed by atoms with E-state index in [2.05, 4.69) is 9.97 Å². The number of aromatic amines is 1. The maximum atomic E-state index is 13.2. The number of benzene rings is 2. The third-order valence-corrected chi connectivity index (χ3v) is 4.79. The Morgan fingerprint density at radius 1 is 1.24 bits per heavy atom. The molecule has 3 aromatic rings. The first kappa shape index (κ1) is 17.4. The van der Waals surface area contributed by atoms with E-state index in [0.29, 0.717) is 22.7 Å². The molecule has 0 saturated carbocycles. The molecule has 0 aliphatic rings. The van der Waals surface area contributed by atoms with Crippen molar-refractivity contribution in [3.8, 4) is 0 Å². The fourth-order valence-corrected chi connectivity index (χ4v) is 3.25. The summed E-state index contributed by atoms with van der Waals surface area (Å²) in [5.74, 6) is -1.73. The quantitative estimate of drug-likeness (QED) is 0.701. The number of H-pyrrole nitrogens is 1. The van der Waals surface area contributed by atoms with Crippen LogP contribution in [-0.2, 0) is 11.3 Å². The minimum Gasteiger partial charge on any atom is -0.341 e. The number of fused-ring (bicyclic) bond motifs is 1. The van der Waals surface area contributed by atoms with Crippen molar-refractivity contribution in [3.05, 3.63) is 59.2 Å². The zero-order valence-corrected chi connectivity index (χ0v) is 14.7. The summed E-state index contributed by atoms with van der Waals surface area (Å²) in [5, 5.41) is 0.456. The number of hydrogen-bond donors (Lipinski definition) is 1. The molecule has 0 bridgehead atoms. The topological polar surface area (TPSA) is 49.0 Å². The molecule has 0 saturated heterocycles. The lowest BCUT2D eigenvalue weighted by molar-refractivity contribution is -0.127. The smallest absolute Gasteiger partial charge is 0.233 e. The number of carbonyl (C=O) groups is 1. The zero-order valence-electron chi connectivity index (χ0n) is 13.8. The summed E-state index contributed by atoms with van der Waals surface area (Å²) < 4.78 is 26.4. The summed E-state index contributed by atoms with van der Waals surface area (Å²) in [6.45, 7) is 2.54. The van der Waals surface area contributed by atoms with Crippen LogP contribution in [0.3, 0.4) is 0 Å². The standard InChI is InChI=1S/C18H17F2N3OS/c1-11-5-3-4-6-12(11)9-23(2)17(24)10-25-18-21-15-7-13(19)14(20)8-16(15)22-18/h3-8H,9-10H2,1-2H3,(H,21,22). The minimum atomic E-state index is -0.940. The lowest BCUT2D eigenvalue weighted by atomic mass is 10.1. The van der Waals surface area contributed by atoms with Crippen molar-refractivity contribution in [1.29, 1.82) is 0 Å². The van der Waals surface area contributed by atoms with Gasteiger partial charge in [-0.25, -0.2) is 13.8 Å². The Balaban J connectivity index is 1.63. The number of rotatable bonds is 5. The fraction of sp³-hybridized carbons (Fsp3) is 0.222. The van der Waals surface area contributed by atoms with Crippen LogP contribution in [0.2, 0.25) is 0 Å². The van der Waals surface area contributed by atoms with Gasteiger partial charge in [-0.2, -0.15) is 0 Å². The molecule has 0 aliphatic carbocycles. The Morgan fingerprint density at radius 2 is 1.96 bits per heavy atom. The number of nitrogens with zero attached hydrogens (tertiary/aromatic N) is 2. The van der Waals surface area contributed by atoms with Crippen LogP contribution in [-0.4, -0.2) is 33.6 Å². The molecule has 1 aromatic heterocycles. The number of halogens is 2. The van der Waals surface area contributed by atoms with Gasteiger partial charge in [-0.15, -0.1) is 0 Å². The second-order valence-corrected chi connectivity index (χ2v) is 6.75. The van der Waals surface area contributed by atoms with Crippen molar-refractivity contribution in [2.75, 3.05) is 12.8 Å². The summed E-state index contributed by atoms with van der Waals surface area (Å²) in [4.78, 5) is 21.0. The average Bonchev–Trinajstić information content (AvgIpc) is 2.96. The van der Waals surface area contributed by atoms with E-state index < -0.39 is 11.6 Å². The van der Waals surface area contributed by atoms with E-state index in [-0.39, 0.29) is 11.7 Å². The third kappa shape index (κ3) is 3.99. The highest BCUT2D eigenvalue weighted by atomic mass is 32.2. The lowest BCUT2D eigenvalue weighted by Gasteiger charge is -2.18. The Hall–Kier alpha value is -2.41. The maximum absolute atomic E-state index is 13.2. The molecule has 7 heteroatoms. The summed E-state index contributed by atoms with van der Waals surface area (Å²) in [6, 6.07) is 10.0. The molecule has 0 aliphatic heterocycles. The van der Waals surface area contributed by atoms with Gasteiger partial charge in [-0.05, 0) is 18.1 Å². The summed E-state index contributed by atoms with van der Waals surface area (Å²) in [6.07, 6.45) is 0. The highest BCUT2D eigenvalue weighted by Crippen LogP contribution is 2.22. The fourth-order valence-electron chi connectivity index (χ4n) is 2.42. The summed E-state index contributed by atoms with van der Waals surface area (Å²) in [5.41, 5.74) is 2.97. The van der Waals surface area contributed by atoms with E-state index in [1.54, 1.807) is 11.9 Å². The second-order valence-electron chi connectivity index (χ2n) is 5.79. The first-order valence-corrected chi connectivity index (χ1v) is 8.68. The number of amides is 1. The first-order chi connectivity index (χ1) is 11.9. The van der Waals surface area contributed by atoms with Gasteiger partial charge in [0.25, 0.3) is 0 Å². The Bertz CT molecular complexity index is 887. The maximum Gasteiger partial charge on any atom is 0.233 e. The molecule has 3 rings (SSSR count). The van der Waals surface area contributed by atoms with Gasteiger partial charge in [0.1, 0.15) is 0 Å². The normalized spacial score (nSPS) is 11.0. The predicted octanol–water partition coefficient (Wildman–Crippen LogP) is 3.90. The summed E-state index contributed by atoms with van der Waals surface area (Å²) in [7, 11) is 1.75. The van der Waals surface area contributed by atoms with Crippen LogP contribution in [0.15, 0.2) is 41.6 Å². The molecule has 130 valence electrons. The van der Waals surface area contributed by atoms with E-state index in [0.717, 1.165) is 23.3 Å². The van der Waals surface area contributed by atoms with Gasteiger partial charge in [0.05, 0.1) is 16.8 Å².